The maximum Gasteiger partial charge on any atom is 0.339 e. The van der Waals surface area contributed by atoms with Crippen LogP contribution in [0.25, 0.3) is 0 Å². The Hall–Kier alpha value is -5.65. The minimum atomic E-state index is -1.37. The number of aromatic carboxylic acids is 1. The number of fused-ring (bicyclic) bond motifs is 4. The summed E-state index contributed by atoms with van der Waals surface area (Å²) in [6, 6.07) is 14.9. The molecule has 2 heterocycles. The van der Waals surface area contributed by atoms with E-state index in [2.05, 4.69) is 0 Å². The van der Waals surface area contributed by atoms with Gasteiger partial charge in [-0.1, -0.05) is 29.8 Å². The average molecular weight is 653 g/mol. The lowest BCUT2D eigenvalue weighted by Crippen LogP contribution is -2.49. The highest BCUT2D eigenvalue weighted by Gasteiger charge is 2.68. The zero-order valence-electron chi connectivity index (χ0n) is 26.2. The molecule has 0 bridgehead atoms. The van der Waals surface area contributed by atoms with Crippen molar-refractivity contribution < 1.29 is 48.8 Å². The van der Waals surface area contributed by atoms with Gasteiger partial charge in [-0.05, 0) is 49.9 Å². The van der Waals surface area contributed by atoms with Gasteiger partial charge in [0, 0.05) is 29.7 Å². The second-order valence-corrected chi connectivity index (χ2v) is 12.8. The number of rotatable bonds is 6. The zero-order chi connectivity index (χ0) is 34.2. The summed E-state index contributed by atoms with van der Waals surface area (Å²) in [6.45, 7) is 1.74. The van der Waals surface area contributed by atoms with E-state index in [-0.39, 0.29) is 41.3 Å². The molecule has 6 atom stereocenters. The van der Waals surface area contributed by atoms with E-state index in [9.17, 15) is 39.3 Å². The summed E-state index contributed by atoms with van der Waals surface area (Å²) in [5, 5.41) is 30.2. The molecule has 0 radical (unpaired) electrons. The molecule has 1 saturated carbocycles. The van der Waals surface area contributed by atoms with Gasteiger partial charge < -0.3 is 24.8 Å². The van der Waals surface area contributed by atoms with Crippen LogP contribution in [0.15, 0.2) is 72.3 Å². The van der Waals surface area contributed by atoms with Crippen molar-refractivity contribution in [1.29, 1.82) is 0 Å². The van der Waals surface area contributed by atoms with Crippen LogP contribution in [-0.2, 0) is 19.2 Å². The van der Waals surface area contributed by atoms with Crippen LogP contribution in [0.1, 0.15) is 41.6 Å². The maximum atomic E-state index is 14.6. The highest BCUT2D eigenvalue weighted by Crippen LogP contribution is 2.65. The Balaban J connectivity index is 1.40. The van der Waals surface area contributed by atoms with E-state index in [4.69, 9.17) is 9.47 Å². The molecule has 3 N–H and O–H groups in total. The zero-order valence-corrected chi connectivity index (χ0v) is 26.2. The number of hydrogen-bond acceptors (Lipinski definition) is 9. The van der Waals surface area contributed by atoms with Crippen LogP contribution in [0.3, 0.4) is 0 Å². The van der Waals surface area contributed by atoms with Gasteiger partial charge >= 0.3 is 5.97 Å². The number of carboxylic acid groups (broad SMARTS) is 1. The van der Waals surface area contributed by atoms with E-state index < -0.39 is 70.4 Å². The lowest BCUT2D eigenvalue weighted by Gasteiger charge is -2.49. The molecule has 3 aromatic rings. The van der Waals surface area contributed by atoms with Gasteiger partial charge in [-0.25, -0.2) is 14.6 Å². The number of ether oxygens (including phenoxy) is 2. The summed E-state index contributed by atoms with van der Waals surface area (Å²) < 4.78 is 11.5. The van der Waals surface area contributed by atoms with Gasteiger partial charge in [-0.3, -0.25) is 19.2 Å². The first-order valence-corrected chi connectivity index (χ1v) is 15.5. The van der Waals surface area contributed by atoms with Gasteiger partial charge in [-0.2, -0.15) is 0 Å². The number of allylic oxidation sites excluding steroid dienone is 2. The largest absolute Gasteiger partial charge is 0.508 e. The van der Waals surface area contributed by atoms with Crippen molar-refractivity contribution in [3.05, 3.63) is 83.4 Å². The molecule has 12 heteroatoms. The Morgan fingerprint density at radius 2 is 1.50 bits per heavy atom. The van der Waals surface area contributed by atoms with Crippen molar-refractivity contribution >= 4 is 41.0 Å². The molecule has 48 heavy (non-hydrogen) atoms. The summed E-state index contributed by atoms with van der Waals surface area (Å²) in [5.74, 6) is -7.68. The van der Waals surface area contributed by atoms with Crippen LogP contribution in [0.4, 0.5) is 11.4 Å². The van der Waals surface area contributed by atoms with Crippen LogP contribution in [0.5, 0.6) is 23.0 Å². The molecule has 12 nitrogen and oxygen atoms in total. The van der Waals surface area contributed by atoms with Crippen molar-refractivity contribution in [2.75, 3.05) is 24.0 Å². The molecular weight excluding hydrogens is 620 g/mol. The van der Waals surface area contributed by atoms with Crippen LogP contribution in [0.2, 0.25) is 0 Å². The summed E-state index contributed by atoms with van der Waals surface area (Å²) >= 11 is 0. The number of hydrogen-bond donors (Lipinski definition) is 3. The lowest BCUT2D eigenvalue weighted by atomic mass is 9.51. The molecule has 0 aromatic heterocycles. The number of carbonyl (C=O) groups is 5. The Morgan fingerprint density at radius 3 is 2.10 bits per heavy atom. The number of para-hydroxylation sites is 1. The van der Waals surface area contributed by atoms with E-state index in [1.807, 2.05) is 6.08 Å². The van der Waals surface area contributed by atoms with Crippen LogP contribution in [0, 0.1) is 29.1 Å². The molecule has 3 fully saturated rings. The topological polar surface area (TPSA) is 171 Å². The summed E-state index contributed by atoms with van der Waals surface area (Å²) in [5.41, 5.74) is -0.199. The van der Waals surface area contributed by atoms with Crippen LogP contribution < -0.4 is 19.3 Å². The second kappa shape index (κ2) is 11.0. The van der Waals surface area contributed by atoms with Gasteiger partial charge in [0.2, 0.25) is 23.6 Å². The number of carbonyl (C=O) groups excluding carboxylic acids is 4. The summed E-state index contributed by atoms with van der Waals surface area (Å²) in [4.78, 5) is 70.8. The quantitative estimate of drug-likeness (QED) is 0.258. The molecule has 0 spiro atoms. The molecule has 6 unspecified atom stereocenters. The average Bonchev–Trinajstić information content (AvgIpc) is 3.44. The number of methoxy groups -OCH3 is 2. The molecule has 2 saturated heterocycles. The number of benzene rings is 3. The third-order valence-corrected chi connectivity index (χ3v) is 10.6. The predicted molar refractivity (Wildman–Crippen MR) is 170 cm³/mol. The number of anilines is 2. The minimum Gasteiger partial charge on any atom is -0.508 e. The van der Waals surface area contributed by atoms with Crippen molar-refractivity contribution in [3.63, 3.8) is 0 Å². The standard InChI is InChI=1S/C36H32N2O10/c1-36-24(32(42)38(35(36)46)17-7-5-4-6-8-17)16-23-20(30(36)29-26(47-2)14-19(39)15-27(29)48-3)11-12-22-28(23)33(43)37(31(22)41)18-9-10-21(34(44)45)25(40)13-18/h4-11,13-15,22-24,28,30,39-40H,12,16H2,1-3H3,(H,44,45). The monoisotopic (exact) mass is 652 g/mol. The maximum absolute atomic E-state index is 14.6. The van der Waals surface area contributed by atoms with E-state index in [1.165, 1.54) is 37.3 Å². The van der Waals surface area contributed by atoms with Gasteiger partial charge in [0.05, 0.1) is 48.8 Å². The molecule has 4 aliphatic rings. The second-order valence-electron chi connectivity index (χ2n) is 12.8. The fourth-order valence-electron chi connectivity index (χ4n) is 8.45. The third-order valence-electron chi connectivity index (χ3n) is 10.6. The van der Waals surface area contributed by atoms with Gasteiger partial charge in [0.15, 0.2) is 0 Å². The lowest BCUT2D eigenvalue weighted by molar-refractivity contribution is -0.131. The van der Waals surface area contributed by atoms with Crippen LogP contribution in [-0.4, -0.2) is 59.1 Å². The smallest absolute Gasteiger partial charge is 0.339 e. The van der Waals surface area contributed by atoms with Gasteiger partial charge in [0.25, 0.3) is 0 Å². The van der Waals surface area contributed by atoms with Crippen molar-refractivity contribution in [2.45, 2.75) is 25.7 Å². The molecule has 3 aromatic carbocycles. The Morgan fingerprint density at radius 1 is 0.833 bits per heavy atom. The van der Waals surface area contributed by atoms with E-state index in [0.717, 1.165) is 17.0 Å². The Bertz CT molecular complexity index is 1930. The molecular formula is C36H32N2O10. The SMILES string of the molecule is COc1cc(O)cc(OC)c1C1C2=CCC3C(=O)N(c4ccc(C(=O)O)c(O)c4)C(=O)C3C2CC2C(=O)N(c3ccccc3)C(=O)C21C. The van der Waals surface area contributed by atoms with Crippen LogP contribution >= 0.6 is 0 Å². The summed E-state index contributed by atoms with van der Waals surface area (Å²) in [7, 11) is 2.84. The first-order valence-electron chi connectivity index (χ1n) is 15.5. The fourth-order valence-corrected chi connectivity index (χ4v) is 8.45. The third kappa shape index (κ3) is 4.17. The van der Waals surface area contributed by atoms with Crippen molar-refractivity contribution in [1.82, 2.24) is 0 Å². The Kier molecular flexibility index (Phi) is 7.08. The molecule has 2 aliphatic heterocycles. The molecule has 4 amide bonds. The fraction of sp³-hybridized carbons (Fsp3) is 0.306. The normalized spacial score (nSPS) is 27.7. The van der Waals surface area contributed by atoms with Gasteiger partial charge in [0.1, 0.15) is 28.6 Å². The number of phenolic OH excluding ortho intramolecular Hbond substituents is 1. The van der Waals surface area contributed by atoms with E-state index >= 15 is 0 Å². The number of carboxylic acids is 1. The molecule has 2 aliphatic carbocycles. The summed E-state index contributed by atoms with van der Waals surface area (Å²) in [6.07, 6.45) is 2.13. The number of aromatic hydroxyl groups is 2. The minimum absolute atomic E-state index is 0.0323. The molecule has 246 valence electrons. The predicted octanol–water partition coefficient (Wildman–Crippen LogP) is 4.25. The van der Waals surface area contributed by atoms with Crippen molar-refractivity contribution in [2.24, 2.45) is 29.1 Å². The number of nitrogens with zero attached hydrogens (tertiary/aromatic N) is 2. The number of amides is 4. The molecule has 7 rings (SSSR count). The Labute approximate surface area is 274 Å². The number of phenols is 2. The van der Waals surface area contributed by atoms with Gasteiger partial charge in [-0.15, -0.1) is 0 Å². The first kappa shape index (κ1) is 31.0. The first-order chi connectivity index (χ1) is 22.9. The number of imide groups is 2. The van der Waals surface area contributed by atoms with E-state index in [0.29, 0.717) is 16.8 Å². The highest BCUT2D eigenvalue weighted by atomic mass is 16.5. The highest BCUT2D eigenvalue weighted by molar-refractivity contribution is 6.25. The van der Waals surface area contributed by atoms with E-state index in [1.54, 1.807) is 37.3 Å². The van der Waals surface area contributed by atoms with Crippen molar-refractivity contribution in [3.8, 4) is 23.0 Å².